The van der Waals surface area contributed by atoms with Crippen molar-refractivity contribution in [3.05, 3.63) is 35.9 Å². The summed E-state index contributed by atoms with van der Waals surface area (Å²) in [6.45, 7) is 3.91. The molecular weight excluding hydrogens is 365 g/mol. The first kappa shape index (κ1) is 17.0. The Morgan fingerprint density at radius 3 is 2.46 bits per heavy atom. The average Bonchev–Trinajstić information content (AvgIpc) is 3.05. The average molecular weight is 380 g/mol. The molecule has 0 bridgehead atoms. The van der Waals surface area contributed by atoms with E-state index in [0.717, 1.165) is 21.4 Å². The molecule has 10 heteroatoms. The summed E-state index contributed by atoms with van der Waals surface area (Å²) in [6, 6.07) is 2.89. The minimum Gasteiger partial charge on any atom is -0.345 e. The molecule has 4 rings (SSSR count). The fraction of sp³-hybridized carbons (Fsp3) is 0.375. The van der Waals surface area contributed by atoms with Gasteiger partial charge in [0.2, 0.25) is 5.95 Å². The molecule has 1 aliphatic rings. The lowest BCUT2D eigenvalue weighted by molar-refractivity contribution is -0.141. The molecule has 0 unspecified atom stereocenters. The van der Waals surface area contributed by atoms with Crippen LogP contribution in [0.4, 0.5) is 24.3 Å². The normalized spacial score (nSPS) is 15.7. The number of hydrogen-bond donors (Lipinski definition) is 0. The van der Waals surface area contributed by atoms with E-state index in [0.29, 0.717) is 31.9 Å². The predicted molar refractivity (Wildman–Crippen MR) is 93.6 cm³/mol. The van der Waals surface area contributed by atoms with Gasteiger partial charge < -0.3 is 9.80 Å². The van der Waals surface area contributed by atoms with Gasteiger partial charge in [-0.15, -0.1) is 0 Å². The molecule has 136 valence electrons. The van der Waals surface area contributed by atoms with Crippen LogP contribution in [-0.2, 0) is 6.18 Å². The van der Waals surface area contributed by atoms with Crippen molar-refractivity contribution < 1.29 is 13.2 Å². The van der Waals surface area contributed by atoms with Crippen LogP contribution in [0.1, 0.15) is 11.4 Å². The Morgan fingerprint density at radius 1 is 1.04 bits per heavy atom. The lowest BCUT2D eigenvalue weighted by atomic mass is 10.3. The van der Waals surface area contributed by atoms with Gasteiger partial charge in [-0.05, 0) is 19.1 Å². The zero-order chi connectivity index (χ0) is 18.3. The second-order valence-corrected chi connectivity index (χ2v) is 7.02. The monoisotopic (exact) mass is 380 g/mol. The quantitative estimate of drug-likeness (QED) is 0.681. The standard InChI is InChI=1S/C16H15F3N6S/c1-10-8-13(16(17,18)19)23-14(21-10)24-4-6-25(7-5-24)15-22-11-9-20-3-2-12(11)26-15/h2-3,8-9H,4-7H2,1H3. The molecule has 0 saturated carbocycles. The minimum absolute atomic E-state index is 0.130. The molecule has 3 aromatic rings. The molecule has 1 aliphatic heterocycles. The van der Waals surface area contributed by atoms with E-state index >= 15 is 0 Å². The van der Waals surface area contributed by atoms with Crippen molar-refractivity contribution in [2.75, 3.05) is 36.0 Å². The zero-order valence-electron chi connectivity index (χ0n) is 13.9. The van der Waals surface area contributed by atoms with E-state index in [4.69, 9.17) is 0 Å². The number of rotatable bonds is 2. The molecule has 4 heterocycles. The molecular formula is C16H15F3N6S. The summed E-state index contributed by atoms with van der Waals surface area (Å²) < 4.78 is 40.0. The van der Waals surface area contributed by atoms with Gasteiger partial charge in [-0.25, -0.2) is 15.0 Å². The number of thiazole rings is 1. The van der Waals surface area contributed by atoms with E-state index in [1.54, 1.807) is 35.6 Å². The summed E-state index contributed by atoms with van der Waals surface area (Å²) in [6.07, 6.45) is -1.01. The van der Waals surface area contributed by atoms with Gasteiger partial charge in [-0.3, -0.25) is 4.98 Å². The van der Waals surface area contributed by atoms with E-state index in [1.165, 1.54) is 0 Å². The zero-order valence-corrected chi connectivity index (χ0v) is 14.7. The number of pyridine rings is 1. The highest BCUT2D eigenvalue weighted by Crippen LogP contribution is 2.31. The van der Waals surface area contributed by atoms with Crippen LogP contribution in [0, 0.1) is 6.92 Å². The Kier molecular flexibility index (Phi) is 4.14. The minimum atomic E-state index is -4.47. The molecule has 1 saturated heterocycles. The highest BCUT2D eigenvalue weighted by Gasteiger charge is 2.34. The van der Waals surface area contributed by atoms with Gasteiger partial charge in [0.05, 0.1) is 10.9 Å². The Balaban J connectivity index is 1.51. The molecule has 1 fully saturated rings. The second kappa shape index (κ2) is 6.35. The van der Waals surface area contributed by atoms with E-state index < -0.39 is 11.9 Å². The van der Waals surface area contributed by atoms with E-state index in [-0.39, 0.29) is 5.95 Å². The van der Waals surface area contributed by atoms with E-state index in [2.05, 4.69) is 24.8 Å². The number of halogens is 3. The molecule has 0 aromatic carbocycles. The predicted octanol–water partition coefficient (Wildman–Crippen LogP) is 3.14. The molecule has 3 aromatic heterocycles. The van der Waals surface area contributed by atoms with Crippen LogP contribution >= 0.6 is 11.3 Å². The van der Waals surface area contributed by atoms with Crippen LogP contribution in [0.15, 0.2) is 24.5 Å². The van der Waals surface area contributed by atoms with Crippen LogP contribution in [0.2, 0.25) is 0 Å². The number of nitrogens with zero attached hydrogens (tertiary/aromatic N) is 6. The first-order valence-corrected chi connectivity index (χ1v) is 8.85. The first-order chi connectivity index (χ1) is 12.4. The number of anilines is 2. The maximum Gasteiger partial charge on any atom is 0.433 e. The number of piperazine rings is 1. The third kappa shape index (κ3) is 3.28. The first-order valence-electron chi connectivity index (χ1n) is 8.03. The number of alkyl halides is 3. The summed E-state index contributed by atoms with van der Waals surface area (Å²) in [4.78, 5) is 20.4. The van der Waals surface area contributed by atoms with Crippen LogP contribution in [0.3, 0.4) is 0 Å². The van der Waals surface area contributed by atoms with E-state index in [1.807, 2.05) is 6.07 Å². The molecule has 0 aliphatic carbocycles. The van der Waals surface area contributed by atoms with Crippen molar-refractivity contribution in [3.63, 3.8) is 0 Å². The molecule has 0 amide bonds. The van der Waals surface area contributed by atoms with Crippen LogP contribution in [0.25, 0.3) is 10.2 Å². The Morgan fingerprint density at radius 2 is 1.77 bits per heavy atom. The molecule has 0 spiro atoms. The number of fused-ring (bicyclic) bond motifs is 1. The van der Waals surface area contributed by atoms with Crippen molar-refractivity contribution >= 4 is 32.6 Å². The van der Waals surface area contributed by atoms with Crippen molar-refractivity contribution in [2.45, 2.75) is 13.1 Å². The van der Waals surface area contributed by atoms with Crippen LogP contribution in [-0.4, -0.2) is 46.1 Å². The smallest absolute Gasteiger partial charge is 0.345 e. The maximum atomic E-state index is 13.0. The number of aromatic nitrogens is 4. The van der Waals surface area contributed by atoms with Crippen molar-refractivity contribution in [1.29, 1.82) is 0 Å². The van der Waals surface area contributed by atoms with Crippen molar-refractivity contribution in [1.82, 2.24) is 19.9 Å². The third-order valence-electron chi connectivity index (χ3n) is 4.14. The molecule has 0 radical (unpaired) electrons. The van der Waals surface area contributed by atoms with E-state index in [9.17, 15) is 13.2 Å². The van der Waals surface area contributed by atoms with Gasteiger partial charge >= 0.3 is 6.18 Å². The Labute approximate surface area is 151 Å². The highest BCUT2D eigenvalue weighted by molar-refractivity contribution is 7.22. The van der Waals surface area contributed by atoms with Gasteiger partial charge in [0, 0.05) is 38.1 Å². The van der Waals surface area contributed by atoms with Gasteiger partial charge in [-0.1, -0.05) is 11.3 Å². The van der Waals surface area contributed by atoms with Crippen molar-refractivity contribution in [3.8, 4) is 0 Å². The summed E-state index contributed by atoms with van der Waals surface area (Å²) >= 11 is 1.59. The van der Waals surface area contributed by atoms with Gasteiger partial charge in [0.1, 0.15) is 11.2 Å². The lowest BCUT2D eigenvalue weighted by Gasteiger charge is -2.34. The fourth-order valence-corrected chi connectivity index (χ4v) is 3.82. The maximum absolute atomic E-state index is 13.0. The summed E-state index contributed by atoms with van der Waals surface area (Å²) in [7, 11) is 0. The summed E-state index contributed by atoms with van der Waals surface area (Å²) in [5.41, 5.74) is 0.260. The molecule has 6 nitrogen and oxygen atoms in total. The van der Waals surface area contributed by atoms with Crippen molar-refractivity contribution in [2.24, 2.45) is 0 Å². The summed E-state index contributed by atoms with van der Waals surface area (Å²) in [5.74, 6) is 0.130. The topological polar surface area (TPSA) is 58.0 Å². The summed E-state index contributed by atoms with van der Waals surface area (Å²) in [5, 5.41) is 0.897. The largest absolute Gasteiger partial charge is 0.433 e. The fourth-order valence-electron chi connectivity index (χ4n) is 2.84. The number of aryl methyl sites for hydroxylation is 1. The highest BCUT2D eigenvalue weighted by atomic mass is 32.1. The van der Waals surface area contributed by atoms with Gasteiger partial charge in [0.25, 0.3) is 0 Å². The number of hydrogen-bond acceptors (Lipinski definition) is 7. The molecule has 26 heavy (non-hydrogen) atoms. The van der Waals surface area contributed by atoms with Gasteiger partial charge in [0.15, 0.2) is 5.13 Å². The Bertz CT molecular complexity index is 900. The molecule has 0 atom stereocenters. The SMILES string of the molecule is Cc1cc(C(F)(F)F)nc(N2CCN(c3nc4cnccc4s3)CC2)n1. The third-order valence-corrected chi connectivity index (χ3v) is 5.24. The lowest BCUT2D eigenvalue weighted by Crippen LogP contribution is -2.47. The van der Waals surface area contributed by atoms with Gasteiger partial charge in [-0.2, -0.15) is 13.2 Å². The van der Waals surface area contributed by atoms with Crippen LogP contribution in [0.5, 0.6) is 0 Å². The Hall–Kier alpha value is -2.49. The van der Waals surface area contributed by atoms with Crippen LogP contribution < -0.4 is 9.80 Å². The molecule has 0 N–H and O–H groups in total. The second-order valence-electron chi connectivity index (χ2n) is 6.01.